The Labute approximate surface area is 141 Å². The van der Waals surface area contributed by atoms with Crippen molar-refractivity contribution in [2.45, 2.75) is 39.7 Å². The van der Waals surface area contributed by atoms with Gasteiger partial charge in [0.1, 0.15) is 0 Å². The second kappa shape index (κ2) is 7.77. The molecule has 0 fully saturated rings. The van der Waals surface area contributed by atoms with Crippen molar-refractivity contribution >= 4 is 22.8 Å². The van der Waals surface area contributed by atoms with Crippen LogP contribution >= 0.6 is 0 Å². The molecule has 3 rings (SSSR count). The molecule has 0 saturated heterocycles. The van der Waals surface area contributed by atoms with E-state index in [2.05, 4.69) is 38.7 Å². The number of nitrogens with zero attached hydrogens (tertiary/aromatic N) is 4. The number of imidazole rings is 1. The van der Waals surface area contributed by atoms with Gasteiger partial charge in [-0.3, -0.25) is 0 Å². The molecule has 1 aromatic carbocycles. The Morgan fingerprint density at radius 2 is 1.92 bits per heavy atom. The van der Waals surface area contributed by atoms with Gasteiger partial charge in [0.25, 0.3) is 0 Å². The standard InChI is InChI=1S/C18H23N5O/c1-3-5-11-23-13-19-15-16(23)21-18(22-17(15)24-12-4-2)20-14-9-7-6-8-10-14/h6-10,13H,3-5,11-12H2,1-2H3,(H,20,21,22). The molecule has 0 aliphatic rings. The number of anilines is 2. The number of unbranched alkanes of at least 4 members (excludes halogenated alkanes) is 1. The SMILES string of the molecule is CCCCn1cnc2c(OCCC)nc(Nc3ccccc3)nc21. The molecule has 3 aromatic rings. The van der Waals surface area contributed by atoms with Crippen LogP contribution in [-0.4, -0.2) is 26.1 Å². The number of ether oxygens (including phenoxy) is 1. The molecule has 2 heterocycles. The largest absolute Gasteiger partial charge is 0.476 e. The lowest BCUT2D eigenvalue weighted by atomic mass is 10.3. The van der Waals surface area contributed by atoms with E-state index in [-0.39, 0.29) is 0 Å². The summed E-state index contributed by atoms with van der Waals surface area (Å²) >= 11 is 0. The highest BCUT2D eigenvalue weighted by Gasteiger charge is 2.14. The number of para-hydroxylation sites is 1. The number of fused-ring (bicyclic) bond motifs is 1. The fourth-order valence-corrected chi connectivity index (χ4v) is 2.42. The minimum absolute atomic E-state index is 0.526. The van der Waals surface area contributed by atoms with Crippen molar-refractivity contribution in [3.8, 4) is 5.88 Å². The molecular weight excluding hydrogens is 302 g/mol. The molecule has 0 bridgehead atoms. The van der Waals surface area contributed by atoms with E-state index >= 15 is 0 Å². The van der Waals surface area contributed by atoms with E-state index in [9.17, 15) is 0 Å². The molecule has 0 saturated carbocycles. The molecule has 0 atom stereocenters. The van der Waals surface area contributed by atoms with E-state index in [1.54, 1.807) is 0 Å². The number of hydrogen-bond donors (Lipinski definition) is 1. The Balaban J connectivity index is 1.98. The van der Waals surface area contributed by atoms with Gasteiger partial charge in [-0.05, 0) is 25.0 Å². The third-order valence-corrected chi connectivity index (χ3v) is 3.66. The quantitative estimate of drug-likeness (QED) is 0.673. The average molecular weight is 325 g/mol. The van der Waals surface area contributed by atoms with Gasteiger partial charge >= 0.3 is 0 Å². The van der Waals surface area contributed by atoms with E-state index in [1.165, 1.54) is 0 Å². The summed E-state index contributed by atoms with van der Waals surface area (Å²) in [5.41, 5.74) is 2.47. The number of aryl methyl sites for hydroxylation is 1. The maximum atomic E-state index is 5.80. The van der Waals surface area contributed by atoms with Crippen LogP contribution in [-0.2, 0) is 6.54 Å². The monoisotopic (exact) mass is 325 g/mol. The first-order valence-corrected chi connectivity index (χ1v) is 8.49. The number of rotatable bonds is 8. The summed E-state index contributed by atoms with van der Waals surface area (Å²) in [4.78, 5) is 13.6. The highest BCUT2D eigenvalue weighted by molar-refractivity contribution is 5.78. The summed E-state index contributed by atoms with van der Waals surface area (Å²) in [5.74, 6) is 1.06. The van der Waals surface area contributed by atoms with Gasteiger partial charge in [-0.1, -0.05) is 38.5 Å². The molecule has 0 aliphatic heterocycles. The molecule has 6 nitrogen and oxygen atoms in total. The van der Waals surface area contributed by atoms with Crippen LogP contribution in [0, 0.1) is 0 Å². The topological polar surface area (TPSA) is 64.9 Å². The first-order chi connectivity index (χ1) is 11.8. The molecule has 0 spiro atoms. The summed E-state index contributed by atoms with van der Waals surface area (Å²) < 4.78 is 7.86. The molecule has 1 N–H and O–H groups in total. The lowest BCUT2D eigenvalue weighted by molar-refractivity contribution is 0.309. The van der Waals surface area contributed by atoms with Crippen molar-refractivity contribution in [1.29, 1.82) is 0 Å². The van der Waals surface area contributed by atoms with Gasteiger partial charge in [-0.15, -0.1) is 0 Å². The van der Waals surface area contributed by atoms with Crippen LogP contribution in [0.1, 0.15) is 33.1 Å². The van der Waals surface area contributed by atoms with Crippen LogP contribution in [0.3, 0.4) is 0 Å². The fraction of sp³-hybridized carbons (Fsp3) is 0.389. The van der Waals surface area contributed by atoms with E-state index in [0.717, 1.165) is 42.7 Å². The van der Waals surface area contributed by atoms with Crippen LogP contribution in [0.2, 0.25) is 0 Å². The predicted molar refractivity (Wildman–Crippen MR) is 95.7 cm³/mol. The average Bonchev–Trinajstić information content (AvgIpc) is 3.02. The summed E-state index contributed by atoms with van der Waals surface area (Å²) in [7, 11) is 0. The molecule has 0 amide bonds. The number of aromatic nitrogens is 4. The summed E-state index contributed by atoms with van der Waals surface area (Å²) in [6.07, 6.45) is 4.95. The highest BCUT2D eigenvalue weighted by Crippen LogP contribution is 2.25. The molecule has 0 unspecified atom stereocenters. The van der Waals surface area contributed by atoms with E-state index in [4.69, 9.17) is 4.74 Å². The fourth-order valence-electron chi connectivity index (χ4n) is 2.42. The smallest absolute Gasteiger partial charge is 0.247 e. The zero-order chi connectivity index (χ0) is 16.8. The highest BCUT2D eigenvalue weighted by atomic mass is 16.5. The minimum Gasteiger partial charge on any atom is -0.476 e. The first kappa shape index (κ1) is 16.2. The third kappa shape index (κ3) is 3.64. The van der Waals surface area contributed by atoms with E-state index < -0.39 is 0 Å². The predicted octanol–water partition coefficient (Wildman–Crippen LogP) is 4.16. The molecule has 6 heteroatoms. The Kier molecular flexibility index (Phi) is 5.25. The minimum atomic E-state index is 0.526. The lowest BCUT2D eigenvalue weighted by Crippen LogP contribution is -2.05. The summed E-state index contributed by atoms with van der Waals surface area (Å²) in [6, 6.07) is 9.88. The van der Waals surface area contributed by atoms with Crippen LogP contribution in [0.25, 0.3) is 11.2 Å². The van der Waals surface area contributed by atoms with Gasteiger partial charge in [0.15, 0.2) is 11.2 Å². The molecule has 126 valence electrons. The number of hydrogen-bond acceptors (Lipinski definition) is 5. The van der Waals surface area contributed by atoms with Gasteiger partial charge in [-0.2, -0.15) is 9.97 Å². The second-order valence-electron chi connectivity index (χ2n) is 5.66. The van der Waals surface area contributed by atoms with Crippen molar-refractivity contribution in [2.75, 3.05) is 11.9 Å². The van der Waals surface area contributed by atoms with Gasteiger partial charge in [0.05, 0.1) is 12.9 Å². The molecule has 2 aromatic heterocycles. The Morgan fingerprint density at radius 3 is 2.67 bits per heavy atom. The van der Waals surface area contributed by atoms with Crippen molar-refractivity contribution in [3.63, 3.8) is 0 Å². The van der Waals surface area contributed by atoms with Crippen molar-refractivity contribution in [2.24, 2.45) is 0 Å². The maximum Gasteiger partial charge on any atom is 0.247 e. The van der Waals surface area contributed by atoms with Gasteiger partial charge in [0.2, 0.25) is 11.8 Å². The third-order valence-electron chi connectivity index (χ3n) is 3.66. The zero-order valence-electron chi connectivity index (χ0n) is 14.2. The summed E-state index contributed by atoms with van der Waals surface area (Å²) in [6.45, 7) is 5.74. The zero-order valence-corrected chi connectivity index (χ0v) is 14.2. The number of benzene rings is 1. The maximum absolute atomic E-state index is 5.80. The van der Waals surface area contributed by atoms with Crippen molar-refractivity contribution in [1.82, 2.24) is 19.5 Å². The summed E-state index contributed by atoms with van der Waals surface area (Å²) in [5, 5.41) is 3.24. The molecule has 24 heavy (non-hydrogen) atoms. The van der Waals surface area contributed by atoms with Gasteiger partial charge in [0, 0.05) is 12.2 Å². The van der Waals surface area contributed by atoms with Crippen molar-refractivity contribution in [3.05, 3.63) is 36.7 Å². The first-order valence-electron chi connectivity index (χ1n) is 8.49. The lowest BCUT2D eigenvalue weighted by Gasteiger charge is -2.09. The van der Waals surface area contributed by atoms with Gasteiger partial charge < -0.3 is 14.6 Å². The van der Waals surface area contributed by atoms with Crippen LogP contribution in [0.4, 0.5) is 11.6 Å². The second-order valence-corrected chi connectivity index (χ2v) is 5.66. The van der Waals surface area contributed by atoms with Crippen molar-refractivity contribution < 1.29 is 4.74 Å². The Bertz CT molecular complexity index is 785. The van der Waals surface area contributed by atoms with Crippen LogP contribution in [0.15, 0.2) is 36.7 Å². The van der Waals surface area contributed by atoms with E-state index in [0.29, 0.717) is 18.4 Å². The molecular formula is C18H23N5O. The van der Waals surface area contributed by atoms with Crippen LogP contribution in [0.5, 0.6) is 5.88 Å². The molecule has 0 radical (unpaired) electrons. The number of nitrogens with one attached hydrogen (secondary N) is 1. The Morgan fingerprint density at radius 1 is 1.08 bits per heavy atom. The normalized spacial score (nSPS) is 10.9. The Hall–Kier alpha value is -2.63. The van der Waals surface area contributed by atoms with Gasteiger partial charge in [-0.25, -0.2) is 4.98 Å². The van der Waals surface area contributed by atoms with E-state index in [1.807, 2.05) is 36.7 Å². The van der Waals surface area contributed by atoms with Crippen LogP contribution < -0.4 is 10.1 Å². The molecule has 0 aliphatic carbocycles.